The van der Waals surface area contributed by atoms with Crippen LogP contribution in [0.5, 0.6) is 0 Å². The third-order valence-electron chi connectivity index (χ3n) is 4.91. The lowest BCUT2D eigenvalue weighted by molar-refractivity contribution is -0.149. The van der Waals surface area contributed by atoms with Crippen molar-refractivity contribution in [3.63, 3.8) is 0 Å². The van der Waals surface area contributed by atoms with Crippen molar-refractivity contribution in [2.75, 3.05) is 32.8 Å². The quantitative estimate of drug-likeness (QED) is 0.849. The molecule has 3 rings (SSSR count). The minimum atomic E-state index is -0.296. The number of morpholine rings is 1. The maximum absolute atomic E-state index is 12.8. The number of ether oxygens (including phenoxy) is 1. The third kappa shape index (κ3) is 3.96. The van der Waals surface area contributed by atoms with E-state index < -0.39 is 0 Å². The first-order valence-electron chi connectivity index (χ1n) is 8.87. The number of carbonyl (C=O) groups excluding carboxylic acids is 2. The first-order chi connectivity index (χ1) is 11.6. The Bertz CT molecular complexity index is 579. The fraction of sp³-hybridized carbons (Fsp3) is 0.579. The number of benzene rings is 1. The first kappa shape index (κ1) is 17.0. The Kier molecular flexibility index (Phi) is 5.51. The van der Waals surface area contributed by atoms with Gasteiger partial charge in [-0.25, -0.2) is 0 Å². The van der Waals surface area contributed by atoms with Gasteiger partial charge in [0.15, 0.2) is 0 Å². The van der Waals surface area contributed by atoms with Crippen molar-refractivity contribution in [1.82, 2.24) is 9.80 Å². The number of amides is 2. The summed E-state index contributed by atoms with van der Waals surface area (Å²) in [4.78, 5) is 29.3. The lowest BCUT2D eigenvalue weighted by atomic mass is 9.99. The standard InChI is InChI=1S/C19H26N2O3/c1-15-5-7-16(8-6-15)14-18(22)21-9-3-2-4-17(21)19(23)20-10-12-24-13-11-20/h5-8,17H,2-4,9-14H2,1H3/t17-/m1/s1. The van der Waals surface area contributed by atoms with Crippen LogP contribution in [0.1, 0.15) is 30.4 Å². The molecule has 0 spiro atoms. The third-order valence-corrected chi connectivity index (χ3v) is 4.91. The topological polar surface area (TPSA) is 49.9 Å². The van der Waals surface area contributed by atoms with Gasteiger partial charge in [-0.05, 0) is 31.7 Å². The normalized spacial score (nSPS) is 21.6. The second-order valence-electron chi connectivity index (χ2n) is 6.70. The molecule has 2 aliphatic heterocycles. The molecule has 0 bridgehead atoms. The highest BCUT2D eigenvalue weighted by Crippen LogP contribution is 2.21. The molecule has 0 saturated carbocycles. The predicted octanol–water partition coefficient (Wildman–Crippen LogP) is 1.78. The minimum absolute atomic E-state index is 0.0603. The van der Waals surface area contributed by atoms with Gasteiger partial charge in [-0.15, -0.1) is 0 Å². The van der Waals surface area contributed by atoms with Crippen molar-refractivity contribution in [2.24, 2.45) is 0 Å². The SMILES string of the molecule is Cc1ccc(CC(=O)N2CCCC[C@@H]2C(=O)N2CCOCC2)cc1. The number of nitrogens with zero attached hydrogens (tertiary/aromatic N) is 2. The van der Waals surface area contributed by atoms with E-state index in [1.54, 1.807) is 4.90 Å². The van der Waals surface area contributed by atoms with E-state index in [9.17, 15) is 9.59 Å². The molecule has 1 aromatic rings. The summed E-state index contributed by atoms with van der Waals surface area (Å²) < 4.78 is 5.33. The zero-order valence-corrected chi connectivity index (χ0v) is 14.4. The van der Waals surface area contributed by atoms with Gasteiger partial charge in [0, 0.05) is 19.6 Å². The largest absolute Gasteiger partial charge is 0.378 e. The van der Waals surface area contributed by atoms with Gasteiger partial charge in [0.25, 0.3) is 0 Å². The molecule has 5 nitrogen and oxygen atoms in total. The molecule has 2 heterocycles. The van der Waals surface area contributed by atoms with E-state index in [2.05, 4.69) is 0 Å². The highest BCUT2D eigenvalue weighted by atomic mass is 16.5. The van der Waals surface area contributed by atoms with Crippen LogP contribution >= 0.6 is 0 Å². The number of carbonyl (C=O) groups is 2. The van der Waals surface area contributed by atoms with Crippen LogP contribution in [-0.4, -0.2) is 60.5 Å². The fourth-order valence-electron chi connectivity index (χ4n) is 3.46. The van der Waals surface area contributed by atoms with Crippen LogP contribution in [0.4, 0.5) is 0 Å². The first-order valence-corrected chi connectivity index (χ1v) is 8.87. The van der Waals surface area contributed by atoms with Gasteiger partial charge >= 0.3 is 0 Å². The van der Waals surface area contributed by atoms with E-state index >= 15 is 0 Å². The lowest BCUT2D eigenvalue weighted by Crippen LogP contribution is -2.55. The molecule has 2 aliphatic rings. The van der Waals surface area contributed by atoms with Crippen LogP contribution in [-0.2, 0) is 20.7 Å². The maximum Gasteiger partial charge on any atom is 0.245 e. The second kappa shape index (κ2) is 7.79. The molecule has 0 N–H and O–H groups in total. The van der Waals surface area contributed by atoms with E-state index in [4.69, 9.17) is 4.74 Å². The molecule has 130 valence electrons. The van der Waals surface area contributed by atoms with Crippen molar-refractivity contribution in [1.29, 1.82) is 0 Å². The molecule has 24 heavy (non-hydrogen) atoms. The molecule has 5 heteroatoms. The second-order valence-corrected chi connectivity index (χ2v) is 6.70. The summed E-state index contributed by atoms with van der Waals surface area (Å²) in [5, 5.41) is 0. The molecule has 2 fully saturated rings. The monoisotopic (exact) mass is 330 g/mol. The molecule has 1 atom stereocenters. The Morgan fingerprint density at radius 1 is 1.08 bits per heavy atom. The Hall–Kier alpha value is -1.88. The van der Waals surface area contributed by atoms with E-state index in [1.165, 1.54) is 5.56 Å². The summed E-state index contributed by atoms with van der Waals surface area (Å²) in [6.07, 6.45) is 3.13. The summed E-state index contributed by atoms with van der Waals surface area (Å²) >= 11 is 0. The average Bonchev–Trinajstić information content (AvgIpc) is 2.63. The van der Waals surface area contributed by atoms with Crippen LogP contribution in [0.15, 0.2) is 24.3 Å². The van der Waals surface area contributed by atoms with Crippen LogP contribution in [0, 0.1) is 6.92 Å². The molecule has 0 unspecified atom stereocenters. The molecule has 2 saturated heterocycles. The van der Waals surface area contributed by atoms with Gasteiger partial charge in [0.1, 0.15) is 6.04 Å². The number of piperidine rings is 1. The Morgan fingerprint density at radius 2 is 1.79 bits per heavy atom. The molecular weight excluding hydrogens is 304 g/mol. The molecule has 0 radical (unpaired) electrons. The summed E-state index contributed by atoms with van der Waals surface area (Å²) in [6.45, 7) is 5.18. The highest BCUT2D eigenvalue weighted by molar-refractivity contribution is 5.88. The van der Waals surface area contributed by atoms with Crippen LogP contribution in [0.25, 0.3) is 0 Å². The van der Waals surface area contributed by atoms with Gasteiger partial charge in [0.05, 0.1) is 19.6 Å². The van der Waals surface area contributed by atoms with Gasteiger partial charge in [-0.2, -0.15) is 0 Å². The molecular formula is C19H26N2O3. The Labute approximate surface area is 143 Å². The van der Waals surface area contributed by atoms with Gasteiger partial charge in [-0.3, -0.25) is 9.59 Å². The van der Waals surface area contributed by atoms with Crippen molar-refractivity contribution in [3.05, 3.63) is 35.4 Å². The Balaban J connectivity index is 1.67. The number of hydrogen-bond acceptors (Lipinski definition) is 3. The van der Waals surface area contributed by atoms with Crippen LogP contribution < -0.4 is 0 Å². The zero-order chi connectivity index (χ0) is 16.9. The summed E-state index contributed by atoms with van der Waals surface area (Å²) in [5.74, 6) is 0.153. The van der Waals surface area contributed by atoms with Gasteiger partial charge in [-0.1, -0.05) is 29.8 Å². The Morgan fingerprint density at radius 3 is 2.50 bits per heavy atom. The molecule has 0 aromatic heterocycles. The van der Waals surface area contributed by atoms with E-state index in [0.29, 0.717) is 39.3 Å². The molecule has 2 amide bonds. The van der Waals surface area contributed by atoms with Crippen molar-refractivity contribution >= 4 is 11.8 Å². The van der Waals surface area contributed by atoms with Crippen molar-refractivity contribution < 1.29 is 14.3 Å². The highest BCUT2D eigenvalue weighted by Gasteiger charge is 2.35. The summed E-state index contributed by atoms with van der Waals surface area (Å²) in [5.41, 5.74) is 2.19. The summed E-state index contributed by atoms with van der Waals surface area (Å²) in [7, 11) is 0. The number of aryl methyl sites for hydroxylation is 1. The molecule has 0 aliphatic carbocycles. The van der Waals surface area contributed by atoms with E-state index in [1.807, 2.05) is 36.1 Å². The minimum Gasteiger partial charge on any atom is -0.378 e. The number of hydrogen-bond donors (Lipinski definition) is 0. The fourth-order valence-corrected chi connectivity index (χ4v) is 3.46. The van der Waals surface area contributed by atoms with Gasteiger partial charge in [0.2, 0.25) is 11.8 Å². The van der Waals surface area contributed by atoms with Crippen LogP contribution in [0.2, 0.25) is 0 Å². The molecule has 1 aromatic carbocycles. The summed E-state index contributed by atoms with van der Waals surface area (Å²) in [6, 6.07) is 7.74. The van der Waals surface area contributed by atoms with Crippen molar-refractivity contribution in [3.8, 4) is 0 Å². The smallest absolute Gasteiger partial charge is 0.245 e. The lowest BCUT2D eigenvalue weighted by Gasteiger charge is -2.38. The van der Waals surface area contributed by atoms with Crippen molar-refractivity contribution in [2.45, 2.75) is 38.6 Å². The number of rotatable bonds is 3. The predicted molar refractivity (Wildman–Crippen MR) is 91.6 cm³/mol. The number of likely N-dealkylation sites (tertiary alicyclic amines) is 1. The van der Waals surface area contributed by atoms with Crippen LogP contribution in [0.3, 0.4) is 0 Å². The van der Waals surface area contributed by atoms with Gasteiger partial charge < -0.3 is 14.5 Å². The van der Waals surface area contributed by atoms with E-state index in [0.717, 1.165) is 24.8 Å². The maximum atomic E-state index is 12.8. The zero-order valence-electron chi connectivity index (χ0n) is 14.4. The van der Waals surface area contributed by atoms with E-state index in [-0.39, 0.29) is 17.9 Å². The average molecular weight is 330 g/mol.